The summed E-state index contributed by atoms with van der Waals surface area (Å²) in [6, 6.07) is 11.4. The van der Waals surface area contributed by atoms with Gasteiger partial charge in [0, 0.05) is 12.1 Å². The van der Waals surface area contributed by atoms with Crippen LogP contribution in [0.15, 0.2) is 61.7 Å². The average molecular weight is 785 g/mol. The number of hydrogen-bond acceptors (Lipinski definition) is 10. The van der Waals surface area contributed by atoms with Crippen LogP contribution in [0.4, 0.5) is 0 Å². The lowest BCUT2D eigenvalue weighted by molar-refractivity contribution is 0.0223. The van der Waals surface area contributed by atoms with Crippen LogP contribution in [0.25, 0.3) is 0 Å². The van der Waals surface area contributed by atoms with Gasteiger partial charge in [0.15, 0.2) is 23.0 Å². The zero-order chi connectivity index (χ0) is 39.4. The molecule has 0 N–H and O–H groups in total. The van der Waals surface area contributed by atoms with E-state index in [0.717, 1.165) is 37.2 Å². The molecule has 0 radical (unpaired) electrons. The number of unbranched alkanes of at least 4 members (excludes halogenated alkanes) is 14. The van der Waals surface area contributed by atoms with Gasteiger partial charge >= 0.3 is 0 Å². The maximum atomic E-state index is 6.08. The fourth-order valence-electron chi connectivity index (χ4n) is 6.04. The standard InChI is InChI=1S/C46H72O10/c1-3-5-7-9-11-13-15-17-19-25-51-41-21-23-43-45(39-41)55-37-33-49-29-27-48-32-36-54-44-24-22-42(52-26-20-18-16-14-12-10-8-6-4-2)40-46(44)56-38-34-50-30-28-47-31-35-53-43/h3-4,21-24,39-40H,1-2,5-20,25-38H2. The minimum Gasteiger partial charge on any atom is -0.493 e. The molecule has 0 aliphatic carbocycles. The van der Waals surface area contributed by atoms with Crippen LogP contribution in [-0.4, -0.2) is 92.5 Å². The highest BCUT2D eigenvalue weighted by Gasteiger charge is 2.11. The topological polar surface area (TPSA) is 92.3 Å². The highest BCUT2D eigenvalue weighted by Crippen LogP contribution is 2.33. The van der Waals surface area contributed by atoms with Gasteiger partial charge in [0.05, 0.1) is 66.1 Å². The maximum Gasteiger partial charge on any atom is 0.164 e. The van der Waals surface area contributed by atoms with Crippen molar-refractivity contribution in [2.75, 3.05) is 92.5 Å². The maximum absolute atomic E-state index is 6.08. The van der Waals surface area contributed by atoms with Gasteiger partial charge in [-0.1, -0.05) is 76.4 Å². The van der Waals surface area contributed by atoms with Gasteiger partial charge in [0.1, 0.15) is 37.9 Å². The number of hydrogen-bond donors (Lipinski definition) is 0. The molecule has 0 fully saturated rings. The molecule has 0 atom stereocenters. The number of allylic oxidation sites excluding steroid dienone is 2. The normalized spacial score (nSPS) is 15.3. The lowest BCUT2D eigenvalue weighted by Crippen LogP contribution is -2.15. The second kappa shape index (κ2) is 33.7. The van der Waals surface area contributed by atoms with Crippen molar-refractivity contribution in [3.63, 3.8) is 0 Å². The van der Waals surface area contributed by atoms with Gasteiger partial charge in [-0.25, -0.2) is 0 Å². The van der Waals surface area contributed by atoms with Crippen molar-refractivity contribution in [2.45, 2.75) is 103 Å². The van der Waals surface area contributed by atoms with E-state index in [1.165, 1.54) is 77.0 Å². The minimum absolute atomic E-state index is 0.364. The molecular formula is C46H72O10. The van der Waals surface area contributed by atoms with E-state index in [1.54, 1.807) is 0 Å². The Hall–Kier alpha value is -3.44. The molecule has 10 nitrogen and oxygen atoms in total. The van der Waals surface area contributed by atoms with E-state index in [0.29, 0.717) is 115 Å². The van der Waals surface area contributed by atoms with E-state index in [2.05, 4.69) is 13.2 Å². The number of benzene rings is 2. The Labute approximate surface area is 338 Å². The SMILES string of the molecule is C=CCCCCCCCCCOc1ccc2c(c1)OCCOCCOCCOc1ccc(OCCCCCCCCCC=C)cc1OCCOCCOCCO2. The first-order valence-electron chi connectivity index (χ1n) is 21.4. The van der Waals surface area contributed by atoms with Crippen molar-refractivity contribution in [3.8, 4) is 34.5 Å². The van der Waals surface area contributed by atoms with Crippen LogP contribution < -0.4 is 28.4 Å². The third kappa shape index (κ3) is 23.6. The van der Waals surface area contributed by atoms with Crippen LogP contribution in [0.3, 0.4) is 0 Å². The predicted octanol–water partition coefficient (Wildman–Crippen LogP) is 10.4. The number of ether oxygens (including phenoxy) is 10. The van der Waals surface area contributed by atoms with Gasteiger partial charge in [0.2, 0.25) is 0 Å². The minimum atomic E-state index is 0.364. The summed E-state index contributed by atoms with van der Waals surface area (Å²) < 4.78 is 59.4. The summed E-state index contributed by atoms with van der Waals surface area (Å²) in [6.07, 6.45) is 23.3. The average Bonchev–Trinajstić information content (AvgIpc) is 3.21. The third-order valence-corrected chi connectivity index (χ3v) is 9.16. The molecule has 0 bridgehead atoms. The Morgan fingerprint density at radius 3 is 1.04 bits per heavy atom. The van der Waals surface area contributed by atoms with Crippen LogP contribution in [-0.2, 0) is 18.9 Å². The number of fused-ring (bicyclic) bond motifs is 2. The van der Waals surface area contributed by atoms with E-state index in [9.17, 15) is 0 Å². The monoisotopic (exact) mass is 785 g/mol. The van der Waals surface area contributed by atoms with Crippen molar-refractivity contribution >= 4 is 0 Å². The second-order valence-electron chi connectivity index (χ2n) is 13.9. The molecule has 0 spiro atoms. The van der Waals surface area contributed by atoms with Crippen molar-refractivity contribution < 1.29 is 47.4 Å². The van der Waals surface area contributed by atoms with Crippen LogP contribution in [0.2, 0.25) is 0 Å². The van der Waals surface area contributed by atoms with E-state index >= 15 is 0 Å². The molecule has 0 unspecified atom stereocenters. The smallest absolute Gasteiger partial charge is 0.164 e. The van der Waals surface area contributed by atoms with E-state index in [-0.39, 0.29) is 0 Å². The van der Waals surface area contributed by atoms with Gasteiger partial charge < -0.3 is 47.4 Å². The third-order valence-electron chi connectivity index (χ3n) is 9.16. The molecule has 2 aromatic carbocycles. The summed E-state index contributed by atoms with van der Waals surface area (Å²) in [6.45, 7) is 13.8. The lowest BCUT2D eigenvalue weighted by Gasteiger charge is -2.16. The predicted molar refractivity (Wildman–Crippen MR) is 223 cm³/mol. The first-order chi connectivity index (χ1) is 27.8. The molecule has 0 aromatic heterocycles. The van der Waals surface area contributed by atoms with Gasteiger partial charge in [-0.2, -0.15) is 0 Å². The molecule has 1 aliphatic heterocycles. The Morgan fingerprint density at radius 1 is 0.375 bits per heavy atom. The molecule has 1 heterocycles. The van der Waals surface area contributed by atoms with Crippen molar-refractivity contribution in [1.29, 1.82) is 0 Å². The van der Waals surface area contributed by atoms with Gasteiger partial charge in [-0.05, 0) is 62.8 Å². The largest absolute Gasteiger partial charge is 0.493 e. The summed E-state index contributed by atoms with van der Waals surface area (Å²) in [5, 5.41) is 0. The summed E-state index contributed by atoms with van der Waals surface area (Å²) in [7, 11) is 0. The zero-order valence-corrected chi connectivity index (χ0v) is 34.3. The Morgan fingerprint density at radius 2 is 0.679 bits per heavy atom. The van der Waals surface area contributed by atoms with Gasteiger partial charge in [-0.3, -0.25) is 0 Å². The fourth-order valence-corrected chi connectivity index (χ4v) is 6.04. The van der Waals surface area contributed by atoms with Crippen LogP contribution in [0, 0.1) is 0 Å². The molecule has 0 saturated carbocycles. The van der Waals surface area contributed by atoms with E-state index < -0.39 is 0 Å². The Balaban J connectivity index is 1.39. The molecule has 2 aromatic rings. The molecule has 56 heavy (non-hydrogen) atoms. The summed E-state index contributed by atoms with van der Waals surface area (Å²) in [5.41, 5.74) is 0. The summed E-state index contributed by atoms with van der Waals surface area (Å²) in [5.74, 6) is 4.03. The lowest BCUT2D eigenvalue weighted by atomic mass is 10.1. The Bertz CT molecular complexity index is 1160. The molecule has 10 heteroatoms. The zero-order valence-electron chi connectivity index (χ0n) is 34.3. The number of rotatable bonds is 22. The molecule has 3 rings (SSSR count). The molecule has 1 aliphatic rings. The van der Waals surface area contributed by atoms with Crippen molar-refractivity contribution in [1.82, 2.24) is 0 Å². The molecule has 0 amide bonds. The molecular weight excluding hydrogens is 712 g/mol. The van der Waals surface area contributed by atoms with Crippen molar-refractivity contribution in [2.24, 2.45) is 0 Å². The van der Waals surface area contributed by atoms with Gasteiger partial charge in [0.25, 0.3) is 0 Å². The summed E-state index contributed by atoms with van der Waals surface area (Å²) in [4.78, 5) is 0. The first-order valence-corrected chi connectivity index (χ1v) is 21.4. The summed E-state index contributed by atoms with van der Waals surface area (Å²) >= 11 is 0. The highest BCUT2D eigenvalue weighted by molar-refractivity contribution is 5.46. The van der Waals surface area contributed by atoms with Crippen LogP contribution in [0.5, 0.6) is 34.5 Å². The molecule has 0 saturated heterocycles. The molecule has 316 valence electrons. The fraction of sp³-hybridized carbons (Fsp3) is 0.652. The Kier molecular flexibility index (Phi) is 28.2. The second-order valence-corrected chi connectivity index (χ2v) is 13.9. The quantitative estimate of drug-likeness (QED) is 0.0849. The first kappa shape index (κ1) is 46.9. The van der Waals surface area contributed by atoms with Crippen LogP contribution >= 0.6 is 0 Å². The van der Waals surface area contributed by atoms with E-state index in [4.69, 9.17) is 47.4 Å². The highest BCUT2D eigenvalue weighted by atomic mass is 16.6. The van der Waals surface area contributed by atoms with Gasteiger partial charge in [-0.15, -0.1) is 13.2 Å². The van der Waals surface area contributed by atoms with Crippen LogP contribution in [0.1, 0.15) is 103 Å². The van der Waals surface area contributed by atoms with Crippen molar-refractivity contribution in [3.05, 3.63) is 61.7 Å². The van der Waals surface area contributed by atoms with E-state index in [1.807, 2.05) is 48.6 Å².